The van der Waals surface area contributed by atoms with Gasteiger partial charge in [0.05, 0.1) is 17.9 Å². The maximum Gasteiger partial charge on any atom is 0.341 e. The zero-order valence-electron chi connectivity index (χ0n) is 8.48. The van der Waals surface area contributed by atoms with Gasteiger partial charge in [-0.3, -0.25) is 0 Å². The van der Waals surface area contributed by atoms with Crippen molar-refractivity contribution in [2.24, 2.45) is 0 Å². The van der Waals surface area contributed by atoms with Crippen molar-refractivity contribution >= 4 is 5.97 Å². The molecule has 0 saturated carbocycles. The average Bonchev–Trinajstić information content (AvgIpc) is 2.81. The molecule has 2 heterocycles. The van der Waals surface area contributed by atoms with Crippen molar-refractivity contribution in [3.8, 4) is 0 Å². The summed E-state index contributed by atoms with van der Waals surface area (Å²) in [4.78, 5) is 11.4. The highest BCUT2D eigenvalue weighted by Gasteiger charge is 2.16. The highest BCUT2D eigenvalue weighted by molar-refractivity contribution is 5.88. The van der Waals surface area contributed by atoms with Crippen LogP contribution in [0.2, 0.25) is 0 Å². The Kier molecular flexibility index (Phi) is 3.40. The predicted molar refractivity (Wildman–Crippen MR) is 52.6 cm³/mol. The molecule has 1 aliphatic heterocycles. The summed E-state index contributed by atoms with van der Waals surface area (Å²) < 4.78 is 15.3. The van der Waals surface area contributed by atoms with Gasteiger partial charge in [0, 0.05) is 6.61 Å². The van der Waals surface area contributed by atoms with Crippen LogP contribution in [0.3, 0.4) is 0 Å². The van der Waals surface area contributed by atoms with Gasteiger partial charge >= 0.3 is 5.97 Å². The van der Waals surface area contributed by atoms with E-state index in [2.05, 4.69) is 0 Å². The first-order valence-electron chi connectivity index (χ1n) is 5.17. The third kappa shape index (κ3) is 2.83. The van der Waals surface area contributed by atoms with Crippen LogP contribution in [0.15, 0.2) is 23.0 Å². The second kappa shape index (κ2) is 4.98. The van der Waals surface area contributed by atoms with E-state index < -0.39 is 0 Å². The van der Waals surface area contributed by atoms with Crippen LogP contribution < -0.4 is 0 Å². The van der Waals surface area contributed by atoms with E-state index in [1.165, 1.54) is 12.5 Å². The highest BCUT2D eigenvalue weighted by atomic mass is 16.6. The van der Waals surface area contributed by atoms with Gasteiger partial charge in [-0.15, -0.1) is 0 Å². The van der Waals surface area contributed by atoms with E-state index in [1.807, 2.05) is 0 Å². The molecule has 1 aromatic rings. The molecular formula is C11H14O4. The third-order valence-corrected chi connectivity index (χ3v) is 2.43. The number of hydrogen-bond acceptors (Lipinski definition) is 4. The number of carbonyl (C=O) groups is 1. The number of carbonyl (C=O) groups excluding carboxylic acids is 1. The van der Waals surface area contributed by atoms with E-state index in [4.69, 9.17) is 13.9 Å². The standard InChI is InChI=1S/C11H14O4/c12-11(9-4-6-13-7-9)15-8-10-3-1-2-5-14-10/h4,6-7,10H,1-3,5,8H2. The predicted octanol–water partition coefficient (Wildman–Crippen LogP) is 2.01. The Hall–Kier alpha value is -1.29. The molecule has 82 valence electrons. The van der Waals surface area contributed by atoms with Gasteiger partial charge in [-0.1, -0.05) is 0 Å². The largest absolute Gasteiger partial charge is 0.472 e. The second-order valence-corrected chi connectivity index (χ2v) is 3.60. The lowest BCUT2D eigenvalue weighted by Gasteiger charge is -2.21. The lowest BCUT2D eigenvalue weighted by atomic mass is 10.1. The van der Waals surface area contributed by atoms with Gasteiger partial charge in [0.1, 0.15) is 12.9 Å². The van der Waals surface area contributed by atoms with Crippen LogP contribution in [0, 0.1) is 0 Å². The van der Waals surface area contributed by atoms with Crippen molar-refractivity contribution in [2.45, 2.75) is 25.4 Å². The molecule has 0 N–H and O–H groups in total. The highest BCUT2D eigenvalue weighted by Crippen LogP contribution is 2.13. The average molecular weight is 210 g/mol. The molecule has 2 rings (SSSR count). The molecule has 15 heavy (non-hydrogen) atoms. The molecule has 0 spiro atoms. The monoisotopic (exact) mass is 210 g/mol. The molecule has 4 nitrogen and oxygen atoms in total. The van der Waals surface area contributed by atoms with Crippen molar-refractivity contribution in [1.82, 2.24) is 0 Å². The Balaban J connectivity index is 1.75. The minimum absolute atomic E-state index is 0.0644. The summed E-state index contributed by atoms with van der Waals surface area (Å²) in [6.45, 7) is 1.11. The summed E-state index contributed by atoms with van der Waals surface area (Å²) in [6.07, 6.45) is 6.12. The van der Waals surface area contributed by atoms with Crippen LogP contribution >= 0.6 is 0 Å². The van der Waals surface area contributed by atoms with E-state index in [9.17, 15) is 4.79 Å². The van der Waals surface area contributed by atoms with E-state index >= 15 is 0 Å². The third-order valence-electron chi connectivity index (χ3n) is 2.43. The molecular weight excluding hydrogens is 196 g/mol. The van der Waals surface area contributed by atoms with E-state index in [0.717, 1.165) is 25.9 Å². The van der Waals surface area contributed by atoms with Gasteiger partial charge in [-0.25, -0.2) is 4.79 Å². The quantitative estimate of drug-likeness (QED) is 0.716. The van der Waals surface area contributed by atoms with Gasteiger partial charge in [0.25, 0.3) is 0 Å². The number of esters is 1. The van der Waals surface area contributed by atoms with E-state index in [-0.39, 0.29) is 12.1 Å². The van der Waals surface area contributed by atoms with Crippen LogP contribution in [-0.4, -0.2) is 25.3 Å². The van der Waals surface area contributed by atoms with Crippen LogP contribution in [0.1, 0.15) is 29.6 Å². The molecule has 1 atom stereocenters. The lowest BCUT2D eigenvalue weighted by molar-refractivity contribution is -0.0300. The Morgan fingerprint density at radius 3 is 3.13 bits per heavy atom. The van der Waals surface area contributed by atoms with Crippen LogP contribution in [0.25, 0.3) is 0 Å². The molecule has 1 saturated heterocycles. The van der Waals surface area contributed by atoms with Crippen LogP contribution in [-0.2, 0) is 9.47 Å². The van der Waals surface area contributed by atoms with Crippen molar-refractivity contribution in [3.05, 3.63) is 24.2 Å². The molecule has 0 amide bonds. The first-order chi connectivity index (χ1) is 7.36. The topological polar surface area (TPSA) is 48.7 Å². The fourth-order valence-corrected chi connectivity index (χ4v) is 1.57. The lowest BCUT2D eigenvalue weighted by Crippen LogP contribution is -2.25. The fraction of sp³-hybridized carbons (Fsp3) is 0.545. The van der Waals surface area contributed by atoms with E-state index in [0.29, 0.717) is 12.2 Å². The number of hydrogen-bond donors (Lipinski definition) is 0. The first kappa shape index (κ1) is 10.2. The van der Waals surface area contributed by atoms with Crippen LogP contribution in [0.4, 0.5) is 0 Å². The summed E-state index contributed by atoms with van der Waals surface area (Å²) in [5.41, 5.74) is 0.450. The molecule has 0 aromatic carbocycles. The van der Waals surface area contributed by atoms with Crippen molar-refractivity contribution in [3.63, 3.8) is 0 Å². The normalized spacial score (nSPS) is 21.2. The zero-order valence-corrected chi connectivity index (χ0v) is 8.48. The smallest absolute Gasteiger partial charge is 0.341 e. The molecule has 1 unspecified atom stereocenters. The summed E-state index contributed by atoms with van der Waals surface area (Å²) in [7, 11) is 0. The molecule has 1 aliphatic rings. The SMILES string of the molecule is O=C(OCC1CCCCO1)c1ccoc1. The Morgan fingerprint density at radius 1 is 1.53 bits per heavy atom. The fourth-order valence-electron chi connectivity index (χ4n) is 1.57. The zero-order chi connectivity index (χ0) is 10.5. The first-order valence-corrected chi connectivity index (χ1v) is 5.17. The molecule has 1 fully saturated rings. The summed E-state index contributed by atoms with van der Waals surface area (Å²) in [5, 5.41) is 0. The Labute approximate surface area is 88.2 Å². The molecule has 0 bridgehead atoms. The minimum Gasteiger partial charge on any atom is -0.472 e. The number of rotatable bonds is 3. The maximum absolute atomic E-state index is 11.4. The number of furan rings is 1. The van der Waals surface area contributed by atoms with Gasteiger partial charge in [-0.05, 0) is 25.3 Å². The summed E-state index contributed by atoms with van der Waals surface area (Å²) in [6, 6.07) is 1.59. The van der Waals surface area contributed by atoms with Crippen molar-refractivity contribution < 1.29 is 18.7 Å². The molecule has 4 heteroatoms. The van der Waals surface area contributed by atoms with Crippen molar-refractivity contribution in [1.29, 1.82) is 0 Å². The Morgan fingerprint density at radius 2 is 2.47 bits per heavy atom. The van der Waals surface area contributed by atoms with Crippen molar-refractivity contribution in [2.75, 3.05) is 13.2 Å². The second-order valence-electron chi connectivity index (χ2n) is 3.60. The van der Waals surface area contributed by atoms with E-state index in [1.54, 1.807) is 6.07 Å². The minimum atomic E-state index is -0.349. The molecule has 1 aromatic heterocycles. The Bertz CT molecular complexity index is 298. The van der Waals surface area contributed by atoms with Gasteiger partial charge in [0.2, 0.25) is 0 Å². The summed E-state index contributed by atoms with van der Waals surface area (Å²) in [5.74, 6) is -0.349. The van der Waals surface area contributed by atoms with Crippen LogP contribution in [0.5, 0.6) is 0 Å². The van der Waals surface area contributed by atoms with Gasteiger partial charge in [-0.2, -0.15) is 0 Å². The number of ether oxygens (including phenoxy) is 2. The summed E-state index contributed by atoms with van der Waals surface area (Å²) >= 11 is 0. The van der Waals surface area contributed by atoms with Gasteiger partial charge in [0.15, 0.2) is 0 Å². The molecule has 0 radical (unpaired) electrons. The van der Waals surface area contributed by atoms with Gasteiger partial charge < -0.3 is 13.9 Å². The molecule has 0 aliphatic carbocycles. The maximum atomic E-state index is 11.4.